The second kappa shape index (κ2) is 7.55. The topological polar surface area (TPSA) is 74.8 Å². The Morgan fingerprint density at radius 2 is 1.55 bits per heavy atom. The molecule has 0 radical (unpaired) electrons. The molecule has 0 N–H and O–H groups in total. The van der Waals surface area contributed by atoms with Gasteiger partial charge < -0.3 is 0 Å². The van der Waals surface area contributed by atoms with E-state index in [0.29, 0.717) is 10.7 Å². The Kier molecular flexibility index (Phi) is 5.60. The molecule has 2 aromatic carbocycles. The van der Waals surface area contributed by atoms with Gasteiger partial charge in [0.1, 0.15) is 6.04 Å². The van der Waals surface area contributed by atoms with Crippen LogP contribution in [0, 0.1) is 6.92 Å². The standard InChI is InChI=1S/C21H23ClN2O4S/c1-14-5-9-16(10-6-14)23-19(25)13-18(20(23)26)24(21(2,3)4)29(27,28)17-11-7-15(22)8-12-17/h5-12,18H,13H2,1-4H3. The van der Waals surface area contributed by atoms with Crippen molar-refractivity contribution in [1.29, 1.82) is 0 Å². The molecule has 1 unspecified atom stereocenters. The Hall–Kier alpha value is -2.22. The summed E-state index contributed by atoms with van der Waals surface area (Å²) in [7, 11) is -4.05. The molecule has 3 rings (SSSR count). The number of amides is 2. The molecule has 29 heavy (non-hydrogen) atoms. The van der Waals surface area contributed by atoms with E-state index in [2.05, 4.69) is 0 Å². The predicted octanol–water partition coefficient (Wildman–Crippen LogP) is 3.77. The molecule has 1 heterocycles. The minimum atomic E-state index is -4.05. The van der Waals surface area contributed by atoms with Crippen molar-refractivity contribution in [2.75, 3.05) is 4.90 Å². The molecule has 0 saturated carbocycles. The fourth-order valence-corrected chi connectivity index (χ4v) is 5.53. The number of halogens is 1. The van der Waals surface area contributed by atoms with Crippen LogP contribution in [0.25, 0.3) is 0 Å². The van der Waals surface area contributed by atoms with E-state index in [9.17, 15) is 18.0 Å². The average molecular weight is 435 g/mol. The Bertz CT molecular complexity index is 1040. The molecule has 0 aliphatic carbocycles. The molecule has 2 aromatic rings. The van der Waals surface area contributed by atoms with Crippen LogP contribution >= 0.6 is 11.6 Å². The number of anilines is 1. The fraction of sp³-hybridized carbons (Fsp3) is 0.333. The van der Waals surface area contributed by atoms with Crippen molar-refractivity contribution in [1.82, 2.24) is 4.31 Å². The van der Waals surface area contributed by atoms with Crippen molar-refractivity contribution in [3.8, 4) is 0 Å². The molecule has 154 valence electrons. The maximum atomic E-state index is 13.4. The number of aryl methyl sites for hydroxylation is 1. The van der Waals surface area contributed by atoms with E-state index >= 15 is 0 Å². The van der Waals surface area contributed by atoms with Gasteiger partial charge in [0.15, 0.2) is 0 Å². The minimum Gasteiger partial charge on any atom is -0.274 e. The molecule has 8 heteroatoms. The molecule has 2 amide bonds. The van der Waals surface area contributed by atoms with Crippen LogP contribution in [-0.2, 0) is 19.6 Å². The molecular formula is C21H23ClN2O4S. The zero-order valence-corrected chi connectivity index (χ0v) is 18.3. The van der Waals surface area contributed by atoms with Gasteiger partial charge in [0, 0.05) is 10.6 Å². The van der Waals surface area contributed by atoms with Crippen LogP contribution in [0.1, 0.15) is 32.8 Å². The summed E-state index contributed by atoms with van der Waals surface area (Å²) in [4.78, 5) is 27.0. The van der Waals surface area contributed by atoms with E-state index in [1.807, 2.05) is 6.92 Å². The first-order valence-electron chi connectivity index (χ1n) is 9.16. The van der Waals surface area contributed by atoms with Crippen molar-refractivity contribution in [2.45, 2.75) is 50.6 Å². The first-order valence-corrected chi connectivity index (χ1v) is 11.0. The second-order valence-electron chi connectivity index (χ2n) is 8.05. The third-order valence-electron chi connectivity index (χ3n) is 4.73. The van der Waals surface area contributed by atoms with Gasteiger partial charge in [-0.05, 0) is 64.1 Å². The molecule has 1 aliphatic rings. The summed E-state index contributed by atoms with van der Waals surface area (Å²) in [5.41, 5.74) is 0.499. The number of nitrogens with zero attached hydrogens (tertiary/aromatic N) is 2. The van der Waals surface area contributed by atoms with Crippen LogP contribution in [0.2, 0.25) is 5.02 Å². The number of carbonyl (C=O) groups excluding carboxylic acids is 2. The van der Waals surface area contributed by atoms with Crippen molar-refractivity contribution < 1.29 is 18.0 Å². The van der Waals surface area contributed by atoms with Gasteiger partial charge in [0.25, 0.3) is 5.91 Å². The van der Waals surface area contributed by atoms with Crippen LogP contribution in [0.5, 0.6) is 0 Å². The summed E-state index contributed by atoms with van der Waals surface area (Å²) >= 11 is 5.88. The predicted molar refractivity (Wildman–Crippen MR) is 112 cm³/mol. The summed E-state index contributed by atoms with van der Waals surface area (Å²) in [5.74, 6) is -0.976. The Morgan fingerprint density at radius 3 is 2.07 bits per heavy atom. The highest BCUT2D eigenvalue weighted by Crippen LogP contribution is 2.34. The SMILES string of the molecule is Cc1ccc(N2C(=O)CC(N(C(C)(C)C)S(=O)(=O)c3ccc(Cl)cc3)C2=O)cc1. The van der Waals surface area contributed by atoms with Gasteiger partial charge in [-0.25, -0.2) is 13.3 Å². The van der Waals surface area contributed by atoms with Gasteiger partial charge in [-0.3, -0.25) is 9.59 Å². The van der Waals surface area contributed by atoms with Crippen LogP contribution in [0.3, 0.4) is 0 Å². The summed E-state index contributed by atoms with van der Waals surface area (Å²) in [6.45, 7) is 7.01. The lowest BCUT2D eigenvalue weighted by molar-refractivity contribution is -0.122. The number of hydrogen-bond donors (Lipinski definition) is 0. The molecule has 0 aromatic heterocycles. The summed E-state index contributed by atoms with van der Waals surface area (Å²) in [5, 5.41) is 0.406. The summed E-state index contributed by atoms with van der Waals surface area (Å²) in [6.07, 6.45) is -0.212. The number of carbonyl (C=O) groups is 2. The molecule has 1 fully saturated rings. The second-order valence-corrected chi connectivity index (χ2v) is 10.3. The quantitative estimate of drug-likeness (QED) is 0.686. The van der Waals surface area contributed by atoms with Crippen molar-refractivity contribution in [2.24, 2.45) is 0 Å². The van der Waals surface area contributed by atoms with Crippen LogP contribution in [0.15, 0.2) is 53.4 Å². The van der Waals surface area contributed by atoms with Gasteiger partial charge in [-0.1, -0.05) is 29.3 Å². The first kappa shape index (κ1) is 21.5. The number of hydrogen-bond acceptors (Lipinski definition) is 4. The number of benzene rings is 2. The number of sulfonamides is 1. The monoisotopic (exact) mass is 434 g/mol. The van der Waals surface area contributed by atoms with Gasteiger partial charge in [0.2, 0.25) is 15.9 Å². The van der Waals surface area contributed by atoms with E-state index in [-0.39, 0.29) is 11.3 Å². The van der Waals surface area contributed by atoms with Crippen LogP contribution in [0.4, 0.5) is 5.69 Å². The Labute approximate surface area is 176 Å². The fourth-order valence-electron chi connectivity index (χ4n) is 3.48. The zero-order chi connectivity index (χ0) is 21.6. The van der Waals surface area contributed by atoms with E-state index < -0.39 is 33.4 Å². The van der Waals surface area contributed by atoms with Crippen LogP contribution < -0.4 is 4.90 Å². The lowest BCUT2D eigenvalue weighted by Crippen LogP contribution is -2.54. The molecular weight excluding hydrogens is 412 g/mol. The molecule has 1 aliphatic heterocycles. The van der Waals surface area contributed by atoms with Crippen molar-refractivity contribution in [3.05, 3.63) is 59.1 Å². The largest absolute Gasteiger partial charge is 0.274 e. The summed E-state index contributed by atoms with van der Waals surface area (Å²) < 4.78 is 28.0. The Morgan fingerprint density at radius 1 is 1.00 bits per heavy atom. The lowest BCUT2D eigenvalue weighted by Gasteiger charge is -2.37. The van der Waals surface area contributed by atoms with Crippen molar-refractivity contribution >= 4 is 39.1 Å². The van der Waals surface area contributed by atoms with Crippen LogP contribution in [-0.4, -0.2) is 36.1 Å². The molecule has 6 nitrogen and oxygen atoms in total. The maximum Gasteiger partial charge on any atom is 0.252 e. The van der Waals surface area contributed by atoms with Gasteiger partial charge in [-0.2, -0.15) is 4.31 Å². The first-order chi connectivity index (χ1) is 13.4. The van der Waals surface area contributed by atoms with E-state index in [1.165, 1.54) is 24.3 Å². The smallest absolute Gasteiger partial charge is 0.252 e. The highest BCUT2D eigenvalue weighted by Gasteiger charge is 2.50. The molecule has 1 atom stereocenters. The molecule has 1 saturated heterocycles. The number of imide groups is 1. The average Bonchev–Trinajstić information content (AvgIpc) is 2.89. The van der Waals surface area contributed by atoms with Gasteiger partial charge in [-0.15, -0.1) is 0 Å². The van der Waals surface area contributed by atoms with Gasteiger partial charge in [0.05, 0.1) is 17.0 Å². The third kappa shape index (κ3) is 4.08. The van der Waals surface area contributed by atoms with E-state index in [4.69, 9.17) is 11.6 Å². The van der Waals surface area contributed by atoms with Crippen molar-refractivity contribution in [3.63, 3.8) is 0 Å². The lowest BCUT2D eigenvalue weighted by atomic mass is 10.1. The summed E-state index contributed by atoms with van der Waals surface area (Å²) in [6, 6.07) is 11.6. The van der Waals surface area contributed by atoms with Gasteiger partial charge >= 0.3 is 0 Å². The molecule has 0 bridgehead atoms. The van der Waals surface area contributed by atoms with E-state index in [1.54, 1.807) is 45.0 Å². The maximum absolute atomic E-state index is 13.4. The third-order valence-corrected chi connectivity index (χ3v) is 7.17. The number of rotatable bonds is 4. The Balaban J connectivity index is 2.04. The zero-order valence-electron chi connectivity index (χ0n) is 16.7. The van der Waals surface area contributed by atoms with E-state index in [0.717, 1.165) is 14.8 Å². The highest BCUT2D eigenvalue weighted by molar-refractivity contribution is 7.89. The normalized spacial score (nSPS) is 18.0. The highest BCUT2D eigenvalue weighted by atomic mass is 35.5. The molecule has 0 spiro atoms. The minimum absolute atomic E-state index is 0.0193.